The number of nitrogens with zero attached hydrogens (tertiary/aromatic N) is 2. The molecule has 1 atom stereocenters. The van der Waals surface area contributed by atoms with Crippen LogP contribution >= 0.6 is 11.3 Å². The Morgan fingerprint density at radius 3 is 2.48 bits per heavy atom. The van der Waals surface area contributed by atoms with Crippen LogP contribution in [0.4, 0.5) is 5.69 Å². The molecular weight excluding hydrogens is 434 g/mol. The number of carbonyl (C=O) groups is 2. The van der Waals surface area contributed by atoms with Crippen LogP contribution in [-0.4, -0.2) is 27.9 Å². The molecule has 0 bridgehead atoms. The van der Waals surface area contributed by atoms with Crippen LogP contribution in [0.15, 0.2) is 85.2 Å². The normalized spacial score (nSPS) is 11.9. The first-order valence-corrected chi connectivity index (χ1v) is 11.2. The van der Waals surface area contributed by atoms with Crippen molar-refractivity contribution in [2.75, 3.05) is 5.32 Å². The van der Waals surface area contributed by atoms with Crippen molar-refractivity contribution in [3.05, 3.63) is 90.8 Å². The van der Waals surface area contributed by atoms with Crippen molar-refractivity contribution in [2.45, 2.75) is 13.0 Å². The maximum atomic E-state index is 13.2. The number of esters is 1. The molecule has 0 saturated heterocycles. The van der Waals surface area contributed by atoms with Gasteiger partial charge < -0.3 is 10.1 Å². The number of para-hydroxylation sites is 1. The van der Waals surface area contributed by atoms with Crippen molar-refractivity contribution in [1.29, 1.82) is 0 Å². The summed E-state index contributed by atoms with van der Waals surface area (Å²) in [5, 5.41) is 5.20. The highest BCUT2D eigenvalue weighted by Gasteiger charge is 2.22. The molecule has 0 fully saturated rings. The van der Waals surface area contributed by atoms with Gasteiger partial charge in [0.05, 0.1) is 15.8 Å². The number of rotatable bonds is 5. The largest absolute Gasteiger partial charge is 0.449 e. The number of aromatic nitrogens is 2. The zero-order valence-corrected chi connectivity index (χ0v) is 18.5. The van der Waals surface area contributed by atoms with Crippen LogP contribution in [0.2, 0.25) is 0 Å². The highest BCUT2D eigenvalue weighted by Crippen LogP contribution is 2.36. The highest BCUT2D eigenvalue weighted by atomic mass is 32.1. The monoisotopic (exact) mass is 453 g/mol. The minimum atomic E-state index is -0.976. The maximum Gasteiger partial charge on any atom is 0.339 e. The van der Waals surface area contributed by atoms with Gasteiger partial charge in [-0.2, -0.15) is 0 Å². The van der Waals surface area contributed by atoms with Gasteiger partial charge in [0.2, 0.25) is 0 Å². The van der Waals surface area contributed by atoms with Gasteiger partial charge >= 0.3 is 5.97 Å². The van der Waals surface area contributed by atoms with E-state index >= 15 is 0 Å². The second kappa shape index (κ2) is 8.80. The molecule has 0 aliphatic rings. The lowest BCUT2D eigenvalue weighted by molar-refractivity contribution is -0.123. The van der Waals surface area contributed by atoms with Gasteiger partial charge in [-0.15, -0.1) is 11.3 Å². The Labute approximate surface area is 193 Å². The third kappa shape index (κ3) is 4.18. The lowest BCUT2D eigenvalue weighted by Gasteiger charge is -2.15. The van der Waals surface area contributed by atoms with E-state index in [1.54, 1.807) is 48.9 Å². The second-order valence-electron chi connectivity index (χ2n) is 7.47. The van der Waals surface area contributed by atoms with Crippen molar-refractivity contribution >= 4 is 49.9 Å². The lowest BCUT2D eigenvalue weighted by Crippen LogP contribution is -2.30. The molecule has 7 heteroatoms. The van der Waals surface area contributed by atoms with E-state index in [9.17, 15) is 9.59 Å². The number of pyridine rings is 1. The lowest BCUT2D eigenvalue weighted by atomic mass is 9.99. The maximum absolute atomic E-state index is 13.2. The molecule has 33 heavy (non-hydrogen) atoms. The average molecular weight is 454 g/mol. The Kier molecular flexibility index (Phi) is 5.54. The van der Waals surface area contributed by atoms with Crippen LogP contribution in [0, 0.1) is 0 Å². The molecule has 5 rings (SSSR count). The number of nitrogens with one attached hydrogen (secondary N) is 1. The summed E-state index contributed by atoms with van der Waals surface area (Å²) < 4.78 is 6.62. The number of amides is 1. The van der Waals surface area contributed by atoms with Gasteiger partial charge in [0.25, 0.3) is 5.91 Å². The summed E-state index contributed by atoms with van der Waals surface area (Å²) in [6.45, 7) is 1.55. The third-order valence-corrected chi connectivity index (χ3v) is 6.32. The summed E-state index contributed by atoms with van der Waals surface area (Å²) in [6.07, 6.45) is 2.17. The molecule has 3 aromatic carbocycles. The van der Waals surface area contributed by atoms with Gasteiger partial charge in [0.15, 0.2) is 6.10 Å². The number of fused-ring (bicyclic) bond motifs is 2. The van der Waals surface area contributed by atoms with E-state index in [0.717, 1.165) is 31.6 Å². The van der Waals surface area contributed by atoms with Crippen molar-refractivity contribution in [2.24, 2.45) is 0 Å². The molecule has 162 valence electrons. The third-order valence-electron chi connectivity index (χ3n) is 5.25. The Morgan fingerprint density at radius 2 is 1.70 bits per heavy atom. The number of thiazole rings is 1. The smallest absolute Gasteiger partial charge is 0.339 e. The Hall–Kier alpha value is -4.10. The minimum Gasteiger partial charge on any atom is -0.449 e. The summed E-state index contributed by atoms with van der Waals surface area (Å²) in [5.41, 5.74) is 2.75. The van der Waals surface area contributed by atoms with Gasteiger partial charge in [0.1, 0.15) is 5.01 Å². The van der Waals surface area contributed by atoms with Crippen molar-refractivity contribution < 1.29 is 14.3 Å². The standard InChI is InChI=1S/C26H19N3O3S/c1-16(24(30)28-18-12-14-27-15-13-18)32-26(31)20-9-5-7-17-6-4-8-19(23(17)20)25-29-21-10-2-3-11-22(21)33-25/h2-16H,1H3,(H,27,28,30). The molecule has 2 aromatic heterocycles. The first kappa shape index (κ1) is 20.8. The SMILES string of the molecule is CC(OC(=O)c1cccc2cccc(-c3nc4ccccc4s3)c12)C(=O)Nc1ccncc1. The number of carbonyl (C=O) groups excluding carboxylic acids is 2. The van der Waals surface area contributed by atoms with Crippen molar-refractivity contribution in [3.63, 3.8) is 0 Å². The molecular formula is C26H19N3O3S. The summed E-state index contributed by atoms with van der Waals surface area (Å²) in [5.74, 6) is -0.979. The summed E-state index contributed by atoms with van der Waals surface area (Å²) in [7, 11) is 0. The van der Waals surface area contributed by atoms with Gasteiger partial charge in [0, 0.05) is 29.0 Å². The Bertz CT molecular complexity index is 1440. The van der Waals surface area contributed by atoms with Crippen LogP contribution in [-0.2, 0) is 9.53 Å². The summed E-state index contributed by atoms with van der Waals surface area (Å²) in [6, 6.07) is 22.6. The van der Waals surface area contributed by atoms with E-state index < -0.39 is 18.0 Å². The van der Waals surface area contributed by atoms with E-state index in [1.807, 2.05) is 54.6 Å². The highest BCUT2D eigenvalue weighted by molar-refractivity contribution is 7.21. The Balaban J connectivity index is 1.48. The van der Waals surface area contributed by atoms with Crippen LogP contribution in [0.1, 0.15) is 17.3 Å². The van der Waals surface area contributed by atoms with Crippen molar-refractivity contribution in [3.8, 4) is 10.6 Å². The number of benzene rings is 3. The fourth-order valence-corrected chi connectivity index (χ4v) is 4.63. The molecule has 1 amide bonds. The van der Waals surface area contributed by atoms with Crippen LogP contribution in [0.25, 0.3) is 31.6 Å². The number of hydrogen-bond acceptors (Lipinski definition) is 6. The average Bonchev–Trinajstić information content (AvgIpc) is 3.28. The molecule has 0 saturated carbocycles. The molecule has 0 aliphatic carbocycles. The number of anilines is 1. The first-order chi connectivity index (χ1) is 16.1. The molecule has 5 aromatic rings. The summed E-state index contributed by atoms with van der Waals surface area (Å²) in [4.78, 5) is 34.4. The fourth-order valence-electron chi connectivity index (χ4n) is 3.63. The molecule has 2 heterocycles. The van der Waals surface area contributed by atoms with Gasteiger partial charge in [-0.25, -0.2) is 9.78 Å². The predicted octanol–water partition coefficient (Wildman–Crippen LogP) is 5.70. The Morgan fingerprint density at radius 1 is 0.939 bits per heavy atom. The van der Waals surface area contributed by atoms with E-state index in [2.05, 4.69) is 10.3 Å². The number of hydrogen-bond donors (Lipinski definition) is 1. The molecule has 6 nitrogen and oxygen atoms in total. The first-order valence-electron chi connectivity index (χ1n) is 10.4. The predicted molar refractivity (Wildman–Crippen MR) is 130 cm³/mol. The van der Waals surface area contributed by atoms with Gasteiger partial charge in [-0.05, 0) is 42.6 Å². The molecule has 1 N–H and O–H groups in total. The van der Waals surface area contributed by atoms with Crippen molar-refractivity contribution in [1.82, 2.24) is 9.97 Å². The molecule has 0 radical (unpaired) electrons. The van der Waals surface area contributed by atoms with Crippen LogP contribution in [0.5, 0.6) is 0 Å². The van der Waals surface area contributed by atoms with Gasteiger partial charge in [-0.1, -0.05) is 42.5 Å². The molecule has 0 spiro atoms. The van der Waals surface area contributed by atoms with Crippen LogP contribution < -0.4 is 5.32 Å². The van der Waals surface area contributed by atoms with E-state index in [-0.39, 0.29) is 0 Å². The summed E-state index contributed by atoms with van der Waals surface area (Å²) >= 11 is 1.57. The van der Waals surface area contributed by atoms with E-state index in [4.69, 9.17) is 9.72 Å². The molecule has 1 unspecified atom stereocenters. The zero-order chi connectivity index (χ0) is 22.8. The van der Waals surface area contributed by atoms with E-state index in [1.165, 1.54) is 0 Å². The second-order valence-corrected chi connectivity index (χ2v) is 8.50. The fraction of sp³-hybridized carbons (Fsp3) is 0.0769. The number of ether oxygens (including phenoxy) is 1. The quantitative estimate of drug-likeness (QED) is 0.346. The topological polar surface area (TPSA) is 81.2 Å². The van der Waals surface area contributed by atoms with Crippen LogP contribution in [0.3, 0.4) is 0 Å². The van der Waals surface area contributed by atoms with E-state index in [0.29, 0.717) is 11.3 Å². The van der Waals surface area contributed by atoms with Gasteiger partial charge in [-0.3, -0.25) is 9.78 Å². The zero-order valence-electron chi connectivity index (χ0n) is 17.7. The minimum absolute atomic E-state index is 0.394. The molecule has 0 aliphatic heterocycles.